The minimum Gasteiger partial charge on any atom is -0.423 e. The zero-order chi connectivity index (χ0) is 22.7. The molecule has 1 fully saturated rings. The van der Waals surface area contributed by atoms with Crippen LogP contribution in [0.5, 0.6) is 5.75 Å². The number of halogens is 2. The average Bonchev–Trinajstić information content (AvgIpc) is 3.03. The zero-order valence-electron chi connectivity index (χ0n) is 16.5. The molecule has 0 aromatic heterocycles. The van der Waals surface area contributed by atoms with Crippen molar-refractivity contribution < 1.29 is 14.3 Å². The van der Waals surface area contributed by atoms with Gasteiger partial charge in [0.15, 0.2) is 0 Å². The Bertz CT molecular complexity index is 1230. The highest BCUT2D eigenvalue weighted by molar-refractivity contribution is 8.26. The van der Waals surface area contributed by atoms with Crippen molar-refractivity contribution in [3.63, 3.8) is 0 Å². The highest BCUT2D eigenvalue weighted by atomic mass is 35.5. The van der Waals surface area contributed by atoms with Crippen LogP contribution in [-0.4, -0.2) is 21.1 Å². The van der Waals surface area contributed by atoms with Crippen molar-refractivity contribution >= 4 is 69.5 Å². The number of esters is 1. The summed E-state index contributed by atoms with van der Waals surface area (Å²) in [5.41, 5.74) is 2.02. The molecule has 1 heterocycles. The van der Waals surface area contributed by atoms with Crippen molar-refractivity contribution in [3.8, 4) is 5.75 Å². The molecule has 8 heteroatoms. The number of nitrogens with zero attached hydrogens (tertiary/aromatic N) is 1. The van der Waals surface area contributed by atoms with Crippen LogP contribution < -0.4 is 4.74 Å². The van der Waals surface area contributed by atoms with Crippen molar-refractivity contribution in [3.05, 3.63) is 104 Å². The number of benzene rings is 3. The number of ether oxygens (including phenoxy) is 1. The maximum absolute atomic E-state index is 12.8. The van der Waals surface area contributed by atoms with Crippen LogP contribution >= 0.6 is 47.2 Å². The first-order chi connectivity index (χ1) is 15.4. The number of thiocarbonyl (C=S) groups is 1. The summed E-state index contributed by atoms with van der Waals surface area (Å²) in [5.74, 6) is -0.354. The van der Waals surface area contributed by atoms with Gasteiger partial charge in [-0.3, -0.25) is 9.69 Å². The Hall–Kier alpha value is -2.64. The third-order valence-corrected chi connectivity index (χ3v) is 6.52. The largest absolute Gasteiger partial charge is 0.423 e. The summed E-state index contributed by atoms with van der Waals surface area (Å²) in [5, 5.41) is 0.654. The molecule has 0 saturated carbocycles. The van der Waals surface area contributed by atoms with E-state index in [2.05, 4.69) is 0 Å². The molecule has 1 aliphatic heterocycles. The summed E-state index contributed by atoms with van der Waals surface area (Å²) in [6, 6.07) is 21.1. The maximum Gasteiger partial charge on any atom is 0.345 e. The smallest absolute Gasteiger partial charge is 0.345 e. The molecular formula is C24H15Cl2NO3S2. The molecule has 1 aliphatic rings. The molecule has 0 radical (unpaired) electrons. The molecule has 1 amide bonds. The van der Waals surface area contributed by atoms with Crippen molar-refractivity contribution in [2.45, 2.75) is 6.54 Å². The second kappa shape index (κ2) is 9.88. The van der Waals surface area contributed by atoms with Gasteiger partial charge in [0.2, 0.25) is 0 Å². The van der Waals surface area contributed by atoms with Crippen molar-refractivity contribution in [2.24, 2.45) is 0 Å². The average molecular weight is 500 g/mol. The van der Waals surface area contributed by atoms with E-state index < -0.39 is 5.97 Å². The molecule has 0 bridgehead atoms. The first-order valence-corrected chi connectivity index (χ1v) is 11.5. The number of amides is 1. The molecule has 1 saturated heterocycles. The highest BCUT2D eigenvalue weighted by Gasteiger charge is 2.31. The van der Waals surface area contributed by atoms with Crippen LogP contribution in [0.1, 0.15) is 21.5 Å². The molecule has 0 spiro atoms. The van der Waals surface area contributed by atoms with Gasteiger partial charge < -0.3 is 4.74 Å². The Labute approximate surface area is 204 Å². The third-order valence-electron chi connectivity index (χ3n) is 4.60. The third kappa shape index (κ3) is 5.22. The number of rotatable bonds is 5. The van der Waals surface area contributed by atoms with Gasteiger partial charge in [0.25, 0.3) is 5.91 Å². The normalized spacial score (nSPS) is 14.8. The van der Waals surface area contributed by atoms with Gasteiger partial charge in [-0.25, -0.2) is 4.79 Å². The molecule has 4 nitrogen and oxygen atoms in total. The summed E-state index contributed by atoms with van der Waals surface area (Å²) < 4.78 is 5.90. The second-order valence-electron chi connectivity index (χ2n) is 6.84. The first-order valence-electron chi connectivity index (χ1n) is 9.47. The van der Waals surface area contributed by atoms with Crippen molar-refractivity contribution in [2.75, 3.05) is 0 Å². The quantitative estimate of drug-likeness (QED) is 0.171. The van der Waals surface area contributed by atoms with Gasteiger partial charge in [0.1, 0.15) is 10.1 Å². The number of carbonyl (C=O) groups is 2. The van der Waals surface area contributed by atoms with E-state index in [0.717, 1.165) is 11.1 Å². The van der Waals surface area contributed by atoms with Gasteiger partial charge in [0, 0.05) is 5.02 Å². The summed E-state index contributed by atoms with van der Waals surface area (Å²) in [7, 11) is 0. The van der Waals surface area contributed by atoms with E-state index in [-0.39, 0.29) is 16.5 Å². The van der Waals surface area contributed by atoms with E-state index in [1.165, 1.54) is 23.9 Å². The van der Waals surface area contributed by atoms with Crippen LogP contribution in [0.25, 0.3) is 6.08 Å². The lowest BCUT2D eigenvalue weighted by Crippen LogP contribution is -2.27. The summed E-state index contributed by atoms with van der Waals surface area (Å²) in [4.78, 5) is 27.3. The molecule has 0 aliphatic carbocycles. The van der Waals surface area contributed by atoms with Gasteiger partial charge in [-0.05, 0) is 47.5 Å². The monoisotopic (exact) mass is 499 g/mol. The number of hydrogen-bond acceptors (Lipinski definition) is 5. The van der Waals surface area contributed by atoms with Crippen LogP contribution in [0.2, 0.25) is 10.0 Å². The number of carbonyl (C=O) groups excluding carboxylic acids is 2. The summed E-state index contributed by atoms with van der Waals surface area (Å²) >= 11 is 18.6. The second-order valence-corrected chi connectivity index (χ2v) is 9.36. The summed E-state index contributed by atoms with van der Waals surface area (Å²) in [6.45, 7) is 0.436. The fourth-order valence-corrected chi connectivity index (χ4v) is 4.74. The molecule has 4 rings (SSSR count). The predicted molar refractivity (Wildman–Crippen MR) is 133 cm³/mol. The van der Waals surface area contributed by atoms with Gasteiger partial charge in [-0.2, -0.15) is 0 Å². The Kier molecular flexibility index (Phi) is 6.96. The summed E-state index contributed by atoms with van der Waals surface area (Å²) in [6.07, 6.45) is 1.77. The molecule has 3 aromatic carbocycles. The van der Waals surface area contributed by atoms with Crippen LogP contribution in [-0.2, 0) is 11.3 Å². The molecule has 32 heavy (non-hydrogen) atoms. The van der Waals surface area contributed by atoms with E-state index in [9.17, 15) is 9.59 Å². The highest BCUT2D eigenvalue weighted by Crippen LogP contribution is 2.34. The van der Waals surface area contributed by atoms with Gasteiger partial charge >= 0.3 is 5.97 Å². The minimum atomic E-state index is -0.582. The maximum atomic E-state index is 12.8. The van der Waals surface area contributed by atoms with E-state index in [0.29, 0.717) is 26.5 Å². The zero-order valence-corrected chi connectivity index (χ0v) is 19.6. The first kappa shape index (κ1) is 22.6. The minimum absolute atomic E-state index is 0.128. The lowest BCUT2D eigenvalue weighted by Gasteiger charge is -2.14. The van der Waals surface area contributed by atoms with Crippen LogP contribution in [0.4, 0.5) is 0 Å². The Morgan fingerprint density at radius 1 is 1.03 bits per heavy atom. The number of thioether (sulfide) groups is 1. The number of hydrogen-bond donors (Lipinski definition) is 0. The molecule has 3 aromatic rings. The molecule has 0 N–H and O–H groups in total. The van der Waals surface area contributed by atoms with Crippen LogP contribution in [0.15, 0.2) is 77.7 Å². The Morgan fingerprint density at radius 3 is 2.44 bits per heavy atom. The lowest BCUT2D eigenvalue weighted by molar-refractivity contribution is -0.122. The van der Waals surface area contributed by atoms with E-state index >= 15 is 0 Å². The van der Waals surface area contributed by atoms with Crippen molar-refractivity contribution in [1.29, 1.82) is 0 Å². The topological polar surface area (TPSA) is 46.6 Å². The molecular weight excluding hydrogens is 485 g/mol. The van der Waals surface area contributed by atoms with E-state index in [1.54, 1.807) is 41.3 Å². The lowest BCUT2D eigenvalue weighted by atomic mass is 10.2. The van der Waals surface area contributed by atoms with Gasteiger partial charge in [-0.1, -0.05) is 89.6 Å². The molecule has 0 atom stereocenters. The fraction of sp³-hybridized carbons (Fsp3) is 0.0417. The van der Waals surface area contributed by atoms with Crippen molar-refractivity contribution in [1.82, 2.24) is 4.90 Å². The predicted octanol–water partition coefficient (Wildman–Crippen LogP) is 6.61. The van der Waals surface area contributed by atoms with Crippen LogP contribution in [0, 0.1) is 0 Å². The Morgan fingerprint density at radius 2 is 1.75 bits per heavy atom. The van der Waals surface area contributed by atoms with Gasteiger partial charge in [-0.15, -0.1) is 0 Å². The van der Waals surface area contributed by atoms with E-state index in [4.69, 9.17) is 40.2 Å². The van der Waals surface area contributed by atoms with E-state index in [1.807, 2.05) is 30.3 Å². The fourth-order valence-electron chi connectivity index (χ4n) is 3.00. The van der Waals surface area contributed by atoms with Crippen LogP contribution in [0.3, 0.4) is 0 Å². The molecule has 0 unspecified atom stereocenters. The van der Waals surface area contributed by atoms with Gasteiger partial charge in [0.05, 0.1) is 22.0 Å². The standard InChI is InChI=1S/C24H15Cl2NO3S2/c25-17-8-11-19(20(26)13-17)23(29)30-18-9-6-15(7-10-18)12-21-22(28)27(24(31)32-21)14-16-4-2-1-3-5-16/h1-13H,14H2/b21-12+. The SMILES string of the molecule is O=C(Oc1ccc(/C=C2/SC(=S)N(Cc3ccccc3)C2=O)cc1)c1ccc(Cl)cc1Cl. The molecule has 160 valence electrons. The Balaban J connectivity index is 1.44.